The van der Waals surface area contributed by atoms with Crippen LogP contribution < -0.4 is 19.7 Å². The standard InChI is InChI=1S/C27H25N3O4/c31-26(15-19-17-28-23-10-5-4-9-22(19)23)29-20-11-12-25-24(16-20)30(27(32)18-34-25)13-6-14-33-21-7-2-1-3-8-21/h1-5,7-12,16-17,28H,6,13-15,18H2,(H,29,31). The van der Waals surface area contributed by atoms with Gasteiger partial charge in [-0.1, -0.05) is 36.4 Å². The summed E-state index contributed by atoms with van der Waals surface area (Å²) in [7, 11) is 0. The predicted molar refractivity (Wildman–Crippen MR) is 131 cm³/mol. The number of carbonyl (C=O) groups excluding carboxylic acids is 2. The lowest BCUT2D eigenvalue weighted by Gasteiger charge is -2.30. The van der Waals surface area contributed by atoms with Gasteiger partial charge in [0.05, 0.1) is 18.7 Å². The van der Waals surface area contributed by atoms with Gasteiger partial charge in [0.25, 0.3) is 5.91 Å². The first-order valence-corrected chi connectivity index (χ1v) is 11.3. The number of hydrogen-bond donors (Lipinski definition) is 2. The summed E-state index contributed by atoms with van der Waals surface area (Å²) in [6.07, 6.45) is 2.77. The zero-order chi connectivity index (χ0) is 23.3. The van der Waals surface area contributed by atoms with Crippen molar-refractivity contribution < 1.29 is 19.1 Å². The number of amides is 2. The smallest absolute Gasteiger partial charge is 0.265 e. The average Bonchev–Trinajstić information content (AvgIpc) is 3.26. The van der Waals surface area contributed by atoms with Gasteiger partial charge in [0.15, 0.2) is 6.61 Å². The van der Waals surface area contributed by atoms with E-state index in [1.165, 1.54) is 0 Å². The van der Waals surface area contributed by atoms with Crippen LogP contribution in [0.2, 0.25) is 0 Å². The van der Waals surface area contributed by atoms with E-state index in [4.69, 9.17) is 9.47 Å². The zero-order valence-electron chi connectivity index (χ0n) is 18.6. The number of fused-ring (bicyclic) bond motifs is 2. The summed E-state index contributed by atoms with van der Waals surface area (Å²) < 4.78 is 11.3. The molecule has 7 nitrogen and oxygen atoms in total. The fourth-order valence-corrected chi connectivity index (χ4v) is 4.11. The van der Waals surface area contributed by atoms with Gasteiger partial charge in [-0.25, -0.2) is 0 Å². The van der Waals surface area contributed by atoms with E-state index in [-0.39, 0.29) is 24.8 Å². The third-order valence-electron chi connectivity index (χ3n) is 5.75. The van der Waals surface area contributed by atoms with E-state index < -0.39 is 0 Å². The quantitative estimate of drug-likeness (QED) is 0.382. The van der Waals surface area contributed by atoms with Crippen LogP contribution >= 0.6 is 0 Å². The van der Waals surface area contributed by atoms with Crippen LogP contribution in [-0.4, -0.2) is 36.6 Å². The lowest BCUT2D eigenvalue weighted by Crippen LogP contribution is -2.39. The highest BCUT2D eigenvalue weighted by Crippen LogP contribution is 2.35. The molecule has 0 fully saturated rings. The van der Waals surface area contributed by atoms with E-state index in [1.807, 2.05) is 60.8 Å². The first-order valence-electron chi connectivity index (χ1n) is 11.3. The van der Waals surface area contributed by atoms with Gasteiger partial charge < -0.3 is 24.7 Å². The molecule has 2 amide bonds. The largest absolute Gasteiger partial charge is 0.494 e. The van der Waals surface area contributed by atoms with Crippen molar-refractivity contribution in [1.82, 2.24) is 4.98 Å². The number of aromatic amines is 1. The van der Waals surface area contributed by atoms with Crippen LogP contribution in [-0.2, 0) is 16.0 Å². The minimum absolute atomic E-state index is 0.00118. The highest BCUT2D eigenvalue weighted by atomic mass is 16.5. The van der Waals surface area contributed by atoms with Gasteiger partial charge in [-0.3, -0.25) is 9.59 Å². The Labute approximate surface area is 197 Å². The van der Waals surface area contributed by atoms with Crippen LogP contribution in [0.1, 0.15) is 12.0 Å². The molecule has 2 N–H and O–H groups in total. The van der Waals surface area contributed by atoms with Crippen molar-refractivity contribution in [1.29, 1.82) is 0 Å². The number of nitrogens with one attached hydrogen (secondary N) is 2. The van der Waals surface area contributed by atoms with E-state index in [0.29, 0.717) is 36.7 Å². The predicted octanol–water partition coefficient (Wildman–Crippen LogP) is 4.54. The molecule has 5 rings (SSSR count). The lowest BCUT2D eigenvalue weighted by atomic mass is 10.1. The minimum atomic E-state index is -0.129. The number of hydrogen-bond acceptors (Lipinski definition) is 4. The maximum absolute atomic E-state index is 12.7. The van der Waals surface area contributed by atoms with Gasteiger partial charge in [-0.05, 0) is 48.4 Å². The molecule has 0 unspecified atom stereocenters. The first-order chi connectivity index (χ1) is 16.7. The van der Waals surface area contributed by atoms with E-state index in [1.54, 1.807) is 23.1 Å². The highest BCUT2D eigenvalue weighted by molar-refractivity contribution is 6.00. The molecule has 1 aliphatic heterocycles. The maximum atomic E-state index is 12.7. The molecule has 0 spiro atoms. The Morgan fingerprint density at radius 1 is 1.06 bits per heavy atom. The Bertz CT molecular complexity index is 1320. The Balaban J connectivity index is 1.24. The molecule has 0 radical (unpaired) electrons. The number of anilines is 2. The molecule has 7 heteroatoms. The number of para-hydroxylation sites is 2. The van der Waals surface area contributed by atoms with Crippen molar-refractivity contribution >= 4 is 34.1 Å². The Kier molecular flexibility index (Phi) is 6.16. The minimum Gasteiger partial charge on any atom is -0.494 e. The molecular weight excluding hydrogens is 430 g/mol. The second-order valence-electron chi connectivity index (χ2n) is 8.12. The molecular formula is C27H25N3O4. The monoisotopic (exact) mass is 455 g/mol. The molecule has 1 aromatic heterocycles. The van der Waals surface area contributed by atoms with Crippen LogP contribution in [0.3, 0.4) is 0 Å². The van der Waals surface area contributed by atoms with Crippen molar-refractivity contribution in [3.8, 4) is 11.5 Å². The van der Waals surface area contributed by atoms with Gasteiger partial charge in [0.1, 0.15) is 11.5 Å². The Morgan fingerprint density at radius 3 is 2.76 bits per heavy atom. The summed E-state index contributed by atoms with van der Waals surface area (Å²) in [6.45, 7) is 0.985. The summed E-state index contributed by atoms with van der Waals surface area (Å²) in [5.41, 5.74) is 3.21. The summed E-state index contributed by atoms with van der Waals surface area (Å²) in [4.78, 5) is 30.2. The van der Waals surface area contributed by atoms with E-state index in [2.05, 4.69) is 10.3 Å². The van der Waals surface area contributed by atoms with Gasteiger partial charge >= 0.3 is 0 Å². The van der Waals surface area contributed by atoms with Crippen LogP contribution in [0.4, 0.5) is 11.4 Å². The third kappa shape index (κ3) is 4.73. The summed E-state index contributed by atoms with van der Waals surface area (Å²) in [5, 5.41) is 3.98. The van der Waals surface area contributed by atoms with Crippen LogP contribution in [0, 0.1) is 0 Å². The Morgan fingerprint density at radius 2 is 1.88 bits per heavy atom. The Hall–Kier alpha value is -4.26. The van der Waals surface area contributed by atoms with Crippen molar-refractivity contribution in [2.24, 2.45) is 0 Å². The van der Waals surface area contributed by atoms with Gasteiger partial charge in [-0.2, -0.15) is 0 Å². The van der Waals surface area contributed by atoms with E-state index in [0.717, 1.165) is 22.2 Å². The van der Waals surface area contributed by atoms with Crippen molar-refractivity contribution in [2.75, 3.05) is 30.0 Å². The van der Waals surface area contributed by atoms with Crippen molar-refractivity contribution in [2.45, 2.75) is 12.8 Å². The SMILES string of the molecule is O=C(Cc1c[nH]c2ccccc12)Nc1ccc2c(c1)N(CCCOc1ccccc1)C(=O)CO2. The molecule has 172 valence electrons. The number of nitrogens with zero attached hydrogens (tertiary/aromatic N) is 1. The number of aromatic nitrogens is 1. The van der Waals surface area contributed by atoms with Crippen LogP contribution in [0.5, 0.6) is 11.5 Å². The average molecular weight is 456 g/mol. The third-order valence-corrected chi connectivity index (χ3v) is 5.75. The topological polar surface area (TPSA) is 83.7 Å². The molecule has 0 atom stereocenters. The van der Waals surface area contributed by atoms with Gasteiger partial charge in [0.2, 0.25) is 5.91 Å². The lowest BCUT2D eigenvalue weighted by molar-refractivity contribution is -0.121. The summed E-state index contributed by atoms with van der Waals surface area (Å²) in [5.74, 6) is 1.18. The second-order valence-corrected chi connectivity index (χ2v) is 8.12. The molecule has 0 aliphatic carbocycles. The van der Waals surface area contributed by atoms with Gasteiger partial charge in [-0.15, -0.1) is 0 Å². The van der Waals surface area contributed by atoms with Crippen molar-refractivity contribution in [3.05, 3.63) is 84.6 Å². The number of benzene rings is 3. The number of ether oxygens (including phenoxy) is 2. The highest BCUT2D eigenvalue weighted by Gasteiger charge is 2.25. The molecule has 34 heavy (non-hydrogen) atoms. The summed E-state index contributed by atoms with van der Waals surface area (Å²) >= 11 is 0. The number of rotatable bonds is 8. The molecule has 4 aromatic rings. The fraction of sp³-hybridized carbons (Fsp3) is 0.185. The molecule has 0 bridgehead atoms. The normalized spacial score (nSPS) is 12.8. The first kappa shape index (κ1) is 21.6. The maximum Gasteiger partial charge on any atom is 0.265 e. The molecule has 1 aliphatic rings. The molecule has 0 saturated heterocycles. The van der Waals surface area contributed by atoms with E-state index in [9.17, 15) is 9.59 Å². The molecule has 2 heterocycles. The van der Waals surface area contributed by atoms with Crippen LogP contribution in [0.15, 0.2) is 79.0 Å². The number of H-pyrrole nitrogens is 1. The number of carbonyl (C=O) groups is 2. The van der Waals surface area contributed by atoms with Crippen molar-refractivity contribution in [3.63, 3.8) is 0 Å². The van der Waals surface area contributed by atoms with E-state index >= 15 is 0 Å². The zero-order valence-corrected chi connectivity index (χ0v) is 18.6. The second kappa shape index (κ2) is 9.70. The van der Waals surface area contributed by atoms with Gasteiger partial charge in [0, 0.05) is 29.3 Å². The fourth-order valence-electron chi connectivity index (χ4n) is 4.11. The summed E-state index contributed by atoms with van der Waals surface area (Å²) in [6, 6.07) is 22.8. The molecule has 3 aromatic carbocycles. The molecule has 0 saturated carbocycles. The van der Waals surface area contributed by atoms with Crippen LogP contribution in [0.25, 0.3) is 10.9 Å².